The first-order valence-electron chi connectivity index (χ1n) is 38.0. The molecule has 0 amide bonds. The lowest BCUT2D eigenvalue weighted by molar-refractivity contribution is -0.115. The summed E-state index contributed by atoms with van der Waals surface area (Å²) in [6, 6.07) is 60.4. The lowest BCUT2D eigenvalue weighted by Crippen LogP contribution is -2.26. The Morgan fingerprint density at radius 2 is 0.900 bits per heavy atom. The van der Waals surface area contributed by atoms with Crippen molar-refractivity contribution < 1.29 is 29.0 Å². The molecule has 2 aliphatic heterocycles. The summed E-state index contributed by atoms with van der Waals surface area (Å²) in [4.78, 5) is 80.3. The van der Waals surface area contributed by atoms with E-state index < -0.39 is 14.2 Å². The molecular weight excluding hydrogens is 1390 g/mol. The van der Waals surface area contributed by atoms with Gasteiger partial charge in [0.1, 0.15) is 29.5 Å². The van der Waals surface area contributed by atoms with Gasteiger partial charge in [-0.2, -0.15) is 29.2 Å². The number of allylic oxidation sites excluding steroid dienone is 9. The SMILES string of the molecule is CC1=C(c2ccc3ncccc3c2)C(=O)n2nc(-c3ccccc3)c(C3=CC(=O)CCC3)c2C1.CC1=C(c2ccc3ncccc3c2)C(=O)n2nc(-c3ccccc3)c(C3=CC(O)CCC3)c2C1.Cc1c(-c2ccc3ncccc3c2)c(=O)n2nc(-c3ccccc3)c(C3=CC(=O)CCC3)c2n1COCC[Si](C)(C)C. The van der Waals surface area contributed by atoms with Crippen LogP contribution in [0.15, 0.2) is 235 Å². The van der Waals surface area contributed by atoms with Crippen LogP contribution in [-0.2, 0) is 33.9 Å². The van der Waals surface area contributed by atoms with Crippen molar-refractivity contribution in [3.63, 3.8) is 0 Å². The highest BCUT2D eigenvalue weighted by Crippen LogP contribution is 2.44. The highest BCUT2D eigenvalue weighted by molar-refractivity contribution is 6.76. The Morgan fingerprint density at radius 1 is 0.464 bits per heavy atom. The molecule has 0 spiro atoms. The van der Waals surface area contributed by atoms with Gasteiger partial charge in [0, 0.05) is 125 Å². The van der Waals surface area contributed by atoms with Crippen molar-refractivity contribution in [2.75, 3.05) is 6.61 Å². The van der Waals surface area contributed by atoms with Gasteiger partial charge in [-0.1, -0.05) is 164 Å². The third kappa shape index (κ3) is 14.3. The summed E-state index contributed by atoms with van der Waals surface area (Å²) >= 11 is 0. The number of rotatable bonds is 14. The predicted octanol–water partition coefficient (Wildman–Crippen LogP) is 18.7. The van der Waals surface area contributed by atoms with Crippen LogP contribution >= 0.6 is 0 Å². The first-order valence-corrected chi connectivity index (χ1v) is 41.7. The number of pyridine rings is 3. The lowest BCUT2D eigenvalue weighted by Gasteiger charge is -2.22. The monoisotopic (exact) mass is 1470 g/mol. The quantitative estimate of drug-likeness (QED) is 0.0794. The van der Waals surface area contributed by atoms with E-state index in [0.29, 0.717) is 60.3 Å². The van der Waals surface area contributed by atoms with Crippen molar-refractivity contribution >= 4 is 97.7 Å². The minimum absolute atomic E-state index is 0.105. The Kier molecular flexibility index (Phi) is 20.0. The highest BCUT2D eigenvalue weighted by Gasteiger charge is 2.36. The van der Waals surface area contributed by atoms with E-state index in [1.165, 1.54) is 4.52 Å². The number of hydrogen-bond acceptors (Lipinski definition) is 13. The first kappa shape index (κ1) is 72.1. The summed E-state index contributed by atoms with van der Waals surface area (Å²) in [7, 11) is -1.30. The van der Waals surface area contributed by atoms with Crippen molar-refractivity contribution in [2.24, 2.45) is 0 Å². The van der Waals surface area contributed by atoms with E-state index in [1.807, 2.05) is 209 Å². The number of aromatic nitrogens is 10. The first-order chi connectivity index (χ1) is 53.4. The van der Waals surface area contributed by atoms with Crippen LogP contribution < -0.4 is 5.56 Å². The molecule has 1 atom stereocenters. The number of ketones is 2. The van der Waals surface area contributed by atoms with Crippen LogP contribution in [0.2, 0.25) is 25.7 Å². The number of aliphatic hydroxyl groups is 1. The van der Waals surface area contributed by atoms with Crippen LogP contribution in [0.1, 0.15) is 126 Å². The van der Waals surface area contributed by atoms with Crippen molar-refractivity contribution in [3.05, 3.63) is 285 Å². The molecule has 0 fully saturated rings. The molecule has 17 nitrogen and oxygen atoms in total. The van der Waals surface area contributed by atoms with Gasteiger partial charge in [0.2, 0.25) is 0 Å². The fourth-order valence-corrected chi connectivity index (χ4v) is 16.8. The Hall–Kier alpha value is -12.1. The predicted molar refractivity (Wildman–Crippen MR) is 439 cm³/mol. The molecule has 18 heteroatoms. The zero-order valence-electron chi connectivity index (χ0n) is 62.6. The smallest absolute Gasteiger partial charge is 0.282 e. The maximum absolute atomic E-state index is 14.4. The van der Waals surface area contributed by atoms with Gasteiger partial charge in [-0.05, 0) is 172 Å². The average Bonchev–Trinajstić information content (AvgIpc) is 1.58. The van der Waals surface area contributed by atoms with Crippen molar-refractivity contribution in [1.82, 2.24) is 48.7 Å². The van der Waals surface area contributed by atoms with Crippen molar-refractivity contribution in [2.45, 2.75) is 130 Å². The molecule has 548 valence electrons. The number of carbonyl (C=O) groups excluding carboxylic acids is 4. The van der Waals surface area contributed by atoms with Crippen LogP contribution in [0.3, 0.4) is 0 Å². The highest BCUT2D eigenvalue weighted by atomic mass is 28.3. The molecule has 9 heterocycles. The number of benzene rings is 6. The lowest BCUT2D eigenvalue weighted by atomic mass is 9.86. The molecular formula is C92H84N10O7Si. The van der Waals surface area contributed by atoms with E-state index in [9.17, 15) is 29.1 Å². The van der Waals surface area contributed by atoms with E-state index in [4.69, 9.17) is 20.0 Å². The van der Waals surface area contributed by atoms with Crippen LogP contribution in [-0.4, -0.2) is 98.0 Å². The molecule has 0 saturated carbocycles. The molecule has 7 aromatic heterocycles. The van der Waals surface area contributed by atoms with E-state index in [2.05, 4.69) is 39.2 Å². The summed E-state index contributed by atoms with van der Waals surface area (Å²) in [5.74, 6) is 0.00335. The maximum Gasteiger partial charge on any atom is 0.282 e. The second-order valence-corrected chi connectivity index (χ2v) is 36.0. The summed E-state index contributed by atoms with van der Waals surface area (Å²) < 4.78 is 13.1. The molecule has 6 aromatic carbocycles. The third-order valence-corrected chi connectivity index (χ3v) is 23.2. The van der Waals surface area contributed by atoms with Gasteiger partial charge in [0.05, 0.1) is 39.6 Å². The van der Waals surface area contributed by atoms with Crippen molar-refractivity contribution in [1.29, 1.82) is 0 Å². The number of carbonyl (C=O) groups is 4. The summed E-state index contributed by atoms with van der Waals surface area (Å²) in [6.07, 6.45) is 18.4. The number of aliphatic hydroxyl groups excluding tert-OH is 1. The van der Waals surface area contributed by atoms with Gasteiger partial charge in [-0.3, -0.25) is 38.9 Å². The van der Waals surface area contributed by atoms with Gasteiger partial charge in [-0.25, -0.2) is 0 Å². The van der Waals surface area contributed by atoms with Gasteiger partial charge in [-0.15, -0.1) is 0 Å². The second kappa shape index (κ2) is 30.5. The van der Waals surface area contributed by atoms with Gasteiger partial charge < -0.3 is 14.4 Å². The van der Waals surface area contributed by atoms with Crippen LogP contribution in [0.4, 0.5) is 0 Å². The zero-order valence-corrected chi connectivity index (χ0v) is 63.6. The fraction of sp³-hybridized carbons (Fsp3) is 0.228. The van der Waals surface area contributed by atoms with E-state index in [0.717, 1.165) is 190 Å². The Morgan fingerprint density at radius 3 is 1.36 bits per heavy atom. The molecule has 110 heavy (non-hydrogen) atoms. The molecule has 0 saturated heterocycles. The van der Waals surface area contributed by atoms with E-state index >= 15 is 0 Å². The Bertz CT molecular complexity index is 6110. The largest absolute Gasteiger partial charge is 0.389 e. The molecule has 5 aliphatic rings. The van der Waals surface area contributed by atoms with Gasteiger partial charge >= 0.3 is 0 Å². The number of nitrogens with zero attached hydrogens (tertiary/aromatic N) is 10. The topological polar surface area (TPSA) is 211 Å². The molecule has 18 rings (SSSR count). The standard InChI is InChI=1S/C34H36N4O3Si.C29H25N3O2.C29H23N3O2/c1-23-30(27-15-16-29-25(20-27)13-9-17-35-29)34(40)38-33(37(23)22-41-18-19-42(2,3)4)31(26-12-8-14-28(39)21-26)32(36-38)24-10-6-5-7-11-24;2*1-18-15-25-27(21-9-5-11-23(33)17-21)28(19-7-3-2-4-8-19)31-32(25)29(34)26(18)22-12-13-24-20(16-22)10-6-14-30-24/h5-7,9-11,13,15-17,20-21H,8,12,14,18-19,22H2,1-4H3;2-4,6-8,10,12-14,16-17,23,33H,5,9,11,15H2,1H3;2-4,6-8,10,12-14,16-17H,5,9,11,15H2,1H3. The Labute approximate surface area is 638 Å². The summed E-state index contributed by atoms with van der Waals surface area (Å²) in [6.45, 7) is 13.9. The summed E-state index contributed by atoms with van der Waals surface area (Å²) in [5.41, 5.74) is 23.1. The Balaban J connectivity index is 0.000000126. The minimum atomic E-state index is -1.30. The summed E-state index contributed by atoms with van der Waals surface area (Å²) in [5, 5.41) is 28.0. The number of ether oxygens (including phenoxy) is 1. The van der Waals surface area contributed by atoms with Crippen LogP contribution in [0.25, 0.3) is 111 Å². The van der Waals surface area contributed by atoms with Crippen molar-refractivity contribution in [3.8, 4) is 44.9 Å². The molecule has 3 aliphatic carbocycles. The molecule has 1 N–H and O–H groups in total. The van der Waals surface area contributed by atoms with Crippen LogP contribution in [0.5, 0.6) is 0 Å². The average molecular weight is 1470 g/mol. The minimum Gasteiger partial charge on any atom is -0.389 e. The molecule has 1 unspecified atom stereocenters. The van der Waals surface area contributed by atoms with Crippen LogP contribution in [0, 0.1) is 6.92 Å². The van der Waals surface area contributed by atoms with E-state index in [-0.39, 0.29) is 35.7 Å². The second-order valence-electron chi connectivity index (χ2n) is 30.4. The molecule has 0 bridgehead atoms. The maximum atomic E-state index is 14.4. The number of fused-ring (bicyclic) bond motifs is 6. The van der Waals surface area contributed by atoms with Gasteiger partial charge in [0.15, 0.2) is 11.6 Å². The molecule has 13 aromatic rings. The fourth-order valence-electron chi connectivity index (χ4n) is 16.1. The van der Waals surface area contributed by atoms with E-state index in [1.54, 1.807) is 40.1 Å². The zero-order chi connectivity index (χ0) is 75.9. The number of hydrogen-bond donors (Lipinski definition) is 1. The normalized spacial score (nSPS) is 16.0. The molecule has 0 radical (unpaired) electrons. The van der Waals surface area contributed by atoms with Gasteiger partial charge in [0.25, 0.3) is 17.4 Å². The third-order valence-electron chi connectivity index (χ3n) is 21.5.